The van der Waals surface area contributed by atoms with Gasteiger partial charge in [-0.25, -0.2) is 9.18 Å². The molecule has 6 nitrogen and oxygen atoms in total. The van der Waals surface area contributed by atoms with Crippen molar-refractivity contribution in [2.75, 3.05) is 17.6 Å². The molecule has 2 rings (SSSR count). The number of nitrogen functional groups attached to an aromatic ring is 1. The summed E-state index contributed by atoms with van der Waals surface area (Å²) in [6, 6.07) is 1.82. The summed E-state index contributed by atoms with van der Waals surface area (Å²) in [5.74, 6) is -2.34. The number of hydrogen-bond acceptors (Lipinski definition) is 4. The molecule has 1 fully saturated rings. The van der Waals surface area contributed by atoms with Crippen molar-refractivity contribution in [1.29, 1.82) is 0 Å². The first-order valence-corrected chi connectivity index (χ1v) is 5.86. The maximum absolute atomic E-state index is 13.3. The molecule has 5 N–H and O–H groups in total. The molecule has 1 unspecified atom stereocenters. The van der Waals surface area contributed by atoms with Gasteiger partial charge in [-0.1, -0.05) is 0 Å². The van der Waals surface area contributed by atoms with Gasteiger partial charge in [-0.3, -0.25) is 4.79 Å². The van der Waals surface area contributed by atoms with Crippen LogP contribution in [0.2, 0.25) is 0 Å². The van der Waals surface area contributed by atoms with Crippen molar-refractivity contribution in [2.45, 2.75) is 18.9 Å². The van der Waals surface area contributed by atoms with E-state index in [0.717, 1.165) is 12.5 Å². The van der Waals surface area contributed by atoms with E-state index >= 15 is 0 Å². The van der Waals surface area contributed by atoms with Gasteiger partial charge >= 0.3 is 5.97 Å². The van der Waals surface area contributed by atoms with Crippen molar-refractivity contribution >= 4 is 23.3 Å². The number of halogens is 1. The molecule has 1 aliphatic rings. The molecule has 19 heavy (non-hydrogen) atoms. The fraction of sp³-hybridized carbons (Fsp3) is 0.333. The Morgan fingerprint density at radius 3 is 2.89 bits per heavy atom. The van der Waals surface area contributed by atoms with Gasteiger partial charge in [0.05, 0.1) is 11.4 Å². The number of amides is 1. The molecular weight excluding hydrogens is 253 g/mol. The number of rotatable bonds is 3. The first-order chi connectivity index (χ1) is 9.00. The lowest BCUT2D eigenvalue weighted by atomic mass is 10.0. The van der Waals surface area contributed by atoms with Crippen molar-refractivity contribution in [3.63, 3.8) is 0 Å². The third-order valence-electron chi connectivity index (χ3n) is 3.02. The lowest BCUT2D eigenvalue weighted by Crippen LogP contribution is -2.44. The lowest BCUT2D eigenvalue weighted by molar-refractivity contribution is -0.123. The summed E-state index contributed by atoms with van der Waals surface area (Å²) in [6.45, 7) is 0.606. The van der Waals surface area contributed by atoms with Gasteiger partial charge in [0.25, 0.3) is 0 Å². The maximum atomic E-state index is 13.3. The number of carbonyl (C=O) groups excluding carboxylic acids is 1. The van der Waals surface area contributed by atoms with Crippen molar-refractivity contribution in [3.8, 4) is 0 Å². The SMILES string of the molecule is Nc1c(F)ccc(NC2CCCNC2=O)c1C(=O)O. The molecule has 1 amide bonds. The zero-order chi connectivity index (χ0) is 14.0. The number of carboxylic acid groups (broad SMARTS) is 1. The molecule has 7 heteroatoms. The molecule has 1 atom stereocenters. The Morgan fingerprint density at radius 2 is 2.26 bits per heavy atom. The topological polar surface area (TPSA) is 104 Å². The van der Waals surface area contributed by atoms with Crippen LogP contribution in [0.1, 0.15) is 23.2 Å². The fourth-order valence-corrected chi connectivity index (χ4v) is 2.04. The molecule has 0 aromatic heterocycles. The fourth-order valence-electron chi connectivity index (χ4n) is 2.04. The first kappa shape index (κ1) is 13.1. The summed E-state index contributed by atoms with van der Waals surface area (Å²) in [6.07, 6.45) is 1.38. The molecule has 0 spiro atoms. The number of benzene rings is 1. The highest BCUT2D eigenvalue weighted by molar-refractivity contribution is 6.00. The van der Waals surface area contributed by atoms with E-state index in [9.17, 15) is 14.0 Å². The Morgan fingerprint density at radius 1 is 1.53 bits per heavy atom. The lowest BCUT2D eigenvalue weighted by Gasteiger charge is -2.24. The van der Waals surface area contributed by atoms with Crippen LogP contribution in [0.5, 0.6) is 0 Å². The van der Waals surface area contributed by atoms with Crippen LogP contribution in [-0.2, 0) is 4.79 Å². The number of nitrogens with two attached hydrogens (primary N) is 1. The zero-order valence-electron chi connectivity index (χ0n) is 10.1. The van der Waals surface area contributed by atoms with Gasteiger partial charge in [-0.15, -0.1) is 0 Å². The minimum absolute atomic E-state index is 0.147. The van der Waals surface area contributed by atoms with Crippen LogP contribution in [0.3, 0.4) is 0 Å². The third-order valence-corrected chi connectivity index (χ3v) is 3.02. The summed E-state index contributed by atoms with van der Waals surface area (Å²) in [4.78, 5) is 22.7. The molecule has 1 saturated heterocycles. The van der Waals surface area contributed by atoms with E-state index in [4.69, 9.17) is 10.8 Å². The van der Waals surface area contributed by atoms with Crippen molar-refractivity contribution in [2.24, 2.45) is 0 Å². The van der Waals surface area contributed by atoms with Crippen LogP contribution in [0.25, 0.3) is 0 Å². The average Bonchev–Trinajstić information content (AvgIpc) is 2.36. The van der Waals surface area contributed by atoms with Crippen molar-refractivity contribution in [3.05, 3.63) is 23.5 Å². The van der Waals surface area contributed by atoms with Crippen molar-refractivity contribution < 1.29 is 19.1 Å². The molecule has 0 saturated carbocycles. The monoisotopic (exact) mass is 267 g/mol. The first-order valence-electron chi connectivity index (χ1n) is 5.86. The predicted octanol–water partition coefficient (Wildman–Crippen LogP) is 0.797. The number of piperidine rings is 1. The normalized spacial score (nSPS) is 18.8. The number of carbonyl (C=O) groups is 2. The summed E-state index contributed by atoms with van der Waals surface area (Å²) in [7, 11) is 0. The smallest absolute Gasteiger partial charge is 0.340 e. The molecule has 0 aliphatic carbocycles. The molecular formula is C12H14FN3O3. The Hall–Kier alpha value is -2.31. The van der Waals surface area contributed by atoms with Crippen LogP contribution in [0.4, 0.5) is 15.8 Å². The van der Waals surface area contributed by atoms with Gasteiger partial charge in [-0.05, 0) is 25.0 Å². The summed E-state index contributed by atoms with van der Waals surface area (Å²) < 4.78 is 13.3. The summed E-state index contributed by atoms with van der Waals surface area (Å²) >= 11 is 0. The molecule has 1 aliphatic heterocycles. The second-order valence-electron chi connectivity index (χ2n) is 4.32. The predicted molar refractivity (Wildman–Crippen MR) is 67.4 cm³/mol. The number of hydrogen-bond donors (Lipinski definition) is 4. The van der Waals surface area contributed by atoms with Gasteiger partial charge in [0.2, 0.25) is 5.91 Å². The summed E-state index contributed by atoms with van der Waals surface area (Å²) in [5.41, 5.74) is 4.79. The molecule has 0 radical (unpaired) electrons. The van der Waals surface area contributed by atoms with E-state index in [1.54, 1.807) is 0 Å². The number of carboxylic acids is 1. The number of nitrogens with one attached hydrogen (secondary N) is 2. The van der Waals surface area contributed by atoms with E-state index in [1.807, 2.05) is 0 Å². The van der Waals surface area contributed by atoms with Crippen LogP contribution in [-0.4, -0.2) is 29.6 Å². The second-order valence-corrected chi connectivity index (χ2v) is 4.32. The minimum atomic E-state index is -1.34. The largest absolute Gasteiger partial charge is 0.478 e. The molecule has 1 heterocycles. The Balaban J connectivity index is 2.32. The van der Waals surface area contributed by atoms with E-state index < -0.39 is 23.5 Å². The quantitative estimate of drug-likeness (QED) is 0.606. The maximum Gasteiger partial charge on any atom is 0.340 e. The third kappa shape index (κ3) is 2.59. The standard InChI is InChI=1S/C12H14FN3O3/c13-6-3-4-7(9(10(6)14)12(18)19)16-8-2-1-5-15-11(8)17/h3-4,8,16H,1-2,5,14H2,(H,15,17)(H,18,19). The average molecular weight is 267 g/mol. The minimum Gasteiger partial charge on any atom is -0.478 e. The Labute approximate surface area is 108 Å². The van der Waals surface area contributed by atoms with Crippen LogP contribution < -0.4 is 16.4 Å². The van der Waals surface area contributed by atoms with Gasteiger partial charge in [0.1, 0.15) is 17.4 Å². The van der Waals surface area contributed by atoms with Crippen molar-refractivity contribution in [1.82, 2.24) is 5.32 Å². The van der Waals surface area contributed by atoms with E-state index in [0.29, 0.717) is 13.0 Å². The highest BCUT2D eigenvalue weighted by atomic mass is 19.1. The van der Waals surface area contributed by atoms with E-state index in [1.165, 1.54) is 6.07 Å². The summed E-state index contributed by atoms with van der Waals surface area (Å²) in [5, 5.41) is 14.6. The zero-order valence-corrected chi connectivity index (χ0v) is 10.1. The molecule has 102 valence electrons. The van der Waals surface area contributed by atoms with Crippen LogP contribution >= 0.6 is 0 Å². The molecule has 1 aromatic rings. The number of aromatic carboxylic acids is 1. The van der Waals surface area contributed by atoms with E-state index in [2.05, 4.69) is 10.6 Å². The van der Waals surface area contributed by atoms with Gasteiger partial charge in [-0.2, -0.15) is 0 Å². The van der Waals surface area contributed by atoms with Gasteiger partial charge in [0, 0.05) is 6.54 Å². The van der Waals surface area contributed by atoms with E-state index in [-0.39, 0.29) is 17.2 Å². The van der Waals surface area contributed by atoms with Crippen LogP contribution in [0.15, 0.2) is 12.1 Å². The van der Waals surface area contributed by atoms with Gasteiger partial charge < -0.3 is 21.5 Å². The van der Waals surface area contributed by atoms with Crippen LogP contribution in [0, 0.1) is 5.82 Å². The number of anilines is 2. The van der Waals surface area contributed by atoms with Gasteiger partial charge in [0.15, 0.2) is 0 Å². The highest BCUT2D eigenvalue weighted by Crippen LogP contribution is 2.26. The molecule has 1 aromatic carbocycles. The second kappa shape index (κ2) is 5.13. The Bertz CT molecular complexity index is 533. The highest BCUT2D eigenvalue weighted by Gasteiger charge is 2.25. The Kier molecular flexibility index (Phi) is 3.55. The molecule has 0 bridgehead atoms.